The molecular weight excluding hydrogens is 598 g/mol. The van der Waals surface area contributed by atoms with E-state index < -0.39 is 36.4 Å². The molecule has 46 heavy (non-hydrogen) atoms. The maximum absolute atomic E-state index is 13.6. The monoisotopic (exact) mass is 632 g/mol. The van der Waals surface area contributed by atoms with Crippen LogP contribution in [0.4, 0.5) is 14.6 Å². The van der Waals surface area contributed by atoms with Crippen molar-refractivity contribution < 1.29 is 27.8 Å². The first-order chi connectivity index (χ1) is 22.1. The molecule has 3 aromatic rings. The summed E-state index contributed by atoms with van der Waals surface area (Å²) in [6.07, 6.45) is 5.68. The van der Waals surface area contributed by atoms with Gasteiger partial charge in [-0.1, -0.05) is 6.07 Å². The predicted molar refractivity (Wildman–Crippen MR) is 164 cm³/mol. The number of amides is 2. The van der Waals surface area contributed by atoms with Crippen LogP contribution in [-0.2, 0) is 11.3 Å². The number of ether oxygens (including phenoxy) is 2. The summed E-state index contributed by atoms with van der Waals surface area (Å²) >= 11 is 0. The first-order valence-corrected chi connectivity index (χ1v) is 15.4. The minimum absolute atomic E-state index is 0.0403. The van der Waals surface area contributed by atoms with Crippen molar-refractivity contribution in [2.24, 2.45) is 0 Å². The van der Waals surface area contributed by atoms with Gasteiger partial charge in [0.1, 0.15) is 11.4 Å². The zero-order valence-corrected chi connectivity index (χ0v) is 25.4. The van der Waals surface area contributed by atoms with Crippen LogP contribution in [0.25, 0.3) is 11.1 Å². The molecule has 4 heterocycles. The van der Waals surface area contributed by atoms with Gasteiger partial charge in [0.2, 0.25) is 5.88 Å². The Morgan fingerprint density at radius 2 is 1.96 bits per heavy atom. The maximum Gasteiger partial charge on any atom is 0.282 e. The number of nitrogens with zero attached hydrogens (tertiary/aromatic N) is 4. The number of nitriles is 1. The fraction of sp³-hybridized carbons (Fsp3) is 0.424. The maximum atomic E-state index is 13.6. The molecule has 1 saturated carbocycles. The van der Waals surface area contributed by atoms with Gasteiger partial charge in [0, 0.05) is 43.6 Å². The lowest BCUT2D eigenvalue weighted by Crippen LogP contribution is -2.58. The Morgan fingerprint density at radius 3 is 2.63 bits per heavy atom. The number of hydrogen-bond acceptors (Lipinski definition) is 8. The summed E-state index contributed by atoms with van der Waals surface area (Å²) in [4.78, 5) is 45.7. The van der Waals surface area contributed by atoms with Gasteiger partial charge in [-0.25, -0.2) is 8.78 Å². The predicted octanol–water partition coefficient (Wildman–Crippen LogP) is 4.13. The molecule has 2 N–H and O–H groups in total. The van der Waals surface area contributed by atoms with Crippen LogP contribution in [0, 0.1) is 11.3 Å². The Morgan fingerprint density at radius 1 is 1.15 bits per heavy atom. The molecule has 3 fully saturated rings. The number of alkyl halides is 2. The van der Waals surface area contributed by atoms with Gasteiger partial charge in [-0.2, -0.15) is 10.2 Å². The number of aromatic nitrogens is 2. The van der Waals surface area contributed by atoms with Crippen LogP contribution in [-0.4, -0.2) is 71.1 Å². The Kier molecular flexibility index (Phi) is 8.84. The molecule has 3 aliphatic rings. The molecule has 0 radical (unpaired) electrons. The Bertz CT molecular complexity index is 1750. The highest BCUT2D eigenvalue weighted by Gasteiger charge is 2.46. The summed E-state index contributed by atoms with van der Waals surface area (Å²) < 4.78 is 40.1. The molecule has 1 aliphatic carbocycles. The summed E-state index contributed by atoms with van der Waals surface area (Å²) in [7, 11) is 0. The first-order valence-electron chi connectivity index (χ1n) is 15.4. The molecule has 0 spiro atoms. The van der Waals surface area contributed by atoms with Gasteiger partial charge in [0.25, 0.3) is 23.3 Å². The van der Waals surface area contributed by atoms with Crippen molar-refractivity contribution in [3.05, 3.63) is 75.2 Å². The highest BCUT2D eigenvalue weighted by Crippen LogP contribution is 2.35. The topological polar surface area (TPSA) is 139 Å². The van der Waals surface area contributed by atoms with Gasteiger partial charge in [-0.15, -0.1) is 0 Å². The first kappa shape index (κ1) is 31.3. The highest BCUT2D eigenvalue weighted by atomic mass is 19.3. The van der Waals surface area contributed by atoms with E-state index in [9.17, 15) is 28.4 Å². The summed E-state index contributed by atoms with van der Waals surface area (Å²) in [5.41, 5.74) is 1.31. The molecule has 2 aromatic heterocycles. The van der Waals surface area contributed by atoms with Gasteiger partial charge in [-0.05, 0) is 73.6 Å². The Hall–Kier alpha value is -4.67. The van der Waals surface area contributed by atoms with Gasteiger partial charge in [0.05, 0.1) is 37.4 Å². The standard InChI is InChI=1S/C33H34F2N6O5/c1-2-45-29-13-22(25-8-5-20(14-36)10-26(25)31(43)40-18-33(34,35)19-40)12-28(38-29)39-30(42)27-11-21(15-37-16-24-4-3-9-46-24)17-41(32(27)44)23-6-7-23/h5,8,10-13,17,23-24,37H,2-4,6-7,9,15-16,18-19H2,1H3,(H,38,39,42)/t24-/m0/s1. The number of rotatable bonds is 11. The largest absolute Gasteiger partial charge is 0.478 e. The number of likely N-dealkylation sites (tertiary alicyclic amines) is 1. The summed E-state index contributed by atoms with van der Waals surface area (Å²) in [5.74, 6) is -4.08. The number of nitrogens with one attached hydrogen (secondary N) is 2. The van der Waals surface area contributed by atoms with Crippen LogP contribution >= 0.6 is 0 Å². The fourth-order valence-electron chi connectivity index (χ4n) is 5.73. The lowest BCUT2D eigenvalue weighted by atomic mass is 9.96. The second kappa shape index (κ2) is 13.0. The van der Waals surface area contributed by atoms with Gasteiger partial charge < -0.3 is 29.6 Å². The minimum atomic E-state index is -2.96. The number of halogens is 2. The van der Waals surface area contributed by atoms with Crippen molar-refractivity contribution in [2.75, 3.05) is 38.2 Å². The third-order valence-electron chi connectivity index (χ3n) is 8.17. The molecule has 11 nitrogen and oxygen atoms in total. The summed E-state index contributed by atoms with van der Waals surface area (Å²) in [6, 6.07) is 11.1. The quantitative estimate of drug-likeness (QED) is 0.322. The van der Waals surface area contributed by atoms with E-state index in [1.165, 1.54) is 18.2 Å². The molecule has 1 aromatic carbocycles. The van der Waals surface area contributed by atoms with Crippen LogP contribution in [0.5, 0.6) is 5.88 Å². The van der Waals surface area contributed by atoms with Crippen molar-refractivity contribution in [1.82, 2.24) is 19.8 Å². The summed E-state index contributed by atoms with van der Waals surface area (Å²) in [6.45, 7) is 2.44. The van der Waals surface area contributed by atoms with Crippen molar-refractivity contribution in [3.63, 3.8) is 0 Å². The van der Waals surface area contributed by atoms with E-state index in [0.29, 0.717) is 24.2 Å². The smallest absolute Gasteiger partial charge is 0.282 e. The number of carbonyl (C=O) groups is 2. The van der Waals surface area contributed by atoms with Crippen molar-refractivity contribution in [3.8, 4) is 23.1 Å². The molecular formula is C33H34F2N6O5. The zero-order valence-electron chi connectivity index (χ0n) is 25.4. The molecule has 0 unspecified atom stereocenters. The van der Waals surface area contributed by atoms with Gasteiger partial charge in [-0.3, -0.25) is 14.4 Å². The van der Waals surface area contributed by atoms with E-state index in [1.54, 1.807) is 35.9 Å². The highest BCUT2D eigenvalue weighted by molar-refractivity contribution is 6.05. The van der Waals surface area contributed by atoms with Crippen LogP contribution < -0.4 is 20.9 Å². The van der Waals surface area contributed by atoms with Gasteiger partial charge >= 0.3 is 0 Å². The van der Waals surface area contributed by atoms with Crippen LogP contribution in [0.15, 0.2) is 47.4 Å². The van der Waals surface area contributed by atoms with E-state index >= 15 is 0 Å². The van der Waals surface area contributed by atoms with Gasteiger partial charge in [0.15, 0.2) is 0 Å². The van der Waals surface area contributed by atoms with E-state index in [4.69, 9.17) is 9.47 Å². The van der Waals surface area contributed by atoms with Crippen molar-refractivity contribution in [2.45, 2.75) is 57.2 Å². The molecule has 240 valence electrons. The molecule has 13 heteroatoms. The molecule has 1 atom stereocenters. The molecule has 0 bridgehead atoms. The third-order valence-corrected chi connectivity index (χ3v) is 8.17. The van der Waals surface area contributed by atoms with E-state index in [0.717, 1.165) is 42.8 Å². The lowest BCUT2D eigenvalue weighted by Gasteiger charge is -2.39. The van der Waals surface area contributed by atoms with E-state index in [1.807, 2.05) is 6.07 Å². The Balaban J connectivity index is 1.30. The van der Waals surface area contributed by atoms with Crippen LogP contribution in [0.1, 0.15) is 70.5 Å². The average molecular weight is 633 g/mol. The number of anilines is 1. The van der Waals surface area contributed by atoms with Crippen molar-refractivity contribution >= 4 is 17.6 Å². The Labute approximate surface area is 264 Å². The second-order valence-electron chi connectivity index (χ2n) is 11.8. The average Bonchev–Trinajstić information content (AvgIpc) is 3.74. The van der Waals surface area contributed by atoms with E-state index in [-0.39, 0.29) is 47.1 Å². The molecule has 2 aliphatic heterocycles. The number of carbonyl (C=O) groups excluding carboxylic acids is 2. The second-order valence-corrected chi connectivity index (χ2v) is 11.8. The van der Waals surface area contributed by atoms with Crippen LogP contribution in [0.3, 0.4) is 0 Å². The summed E-state index contributed by atoms with van der Waals surface area (Å²) in [5, 5.41) is 15.5. The number of hydrogen-bond donors (Lipinski definition) is 2. The zero-order chi connectivity index (χ0) is 32.4. The fourth-order valence-corrected chi connectivity index (χ4v) is 5.73. The SMILES string of the molecule is CCOc1cc(-c2ccc(C#N)cc2C(=O)N2CC(F)(F)C2)cc(NC(=O)c2cc(CNC[C@@H]3CCCO3)cn(C3CC3)c2=O)n1. The van der Waals surface area contributed by atoms with E-state index in [2.05, 4.69) is 15.6 Å². The van der Waals surface area contributed by atoms with Crippen LogP contribution in [0.2, 0.25) is 0 Å². The third kappa shape index (κ3) is 6.93. The molecule has 2 saturated heterocycles. The lowest BCUT2D eigenvalue weighted by molar-refractivity contribution is -0.113. The van der Waals surface area contributed by atoms with Crippen molar-refractivity contribution in [1.29, 1.82) is 5.26 Å². The normalized spacial score (nSPS) is 18.5. The molecule has 6 rings (SSSR count). The minimum Gasteiger partial charge on any atom is -0.478 e. The molecule has 2 amide bonds. The number of benzene rings is 1. The number of pyridine rings is 2.